The molecule has 1 N–H and O–H groups in total. The lowest BCUT2D eigenvalue weighted by molar-refractivity contribution is 0.00706. The number of esters is 1. The first-order valence-electron chi connectivity index (χ1n) is 12.2. The summed E-state index contributed by atoms with van der Waals surface area (Å²) in [6, 6.07) is 14.6. The molecule has 194 valence electrons. The van der Waals surface area contributed by atoms with Crippen LogP contribution in [-0.2, 0) is 4.74 Å². The average molecular weight is 513 g/mol. The third kappa shape index (κ3) is 5.28. The summed E-state index contributed by atoms with van der Waals surface area (Å²) in [6.07, 6.45) is 1.72. The molecule has 1 unspecified atom stereocenters. The summed E-state index contributed by atoms with van der Waals surface area (Å²) in [4.78, 5) is 31.1. The van der Waals surface area contributed by atoms with E-state index in [9.17, 15) is 19.2 Å². The first kappa shape index (κ1) is 26.6. The van der Waals surface area contributed by atoms with Gasteiger partial charge >= 0.3 is 5.97 Å². The Morgan fingerprint density at radius 2 is 1.87 bits per heavy atom. The van der Waals surface area contributed by atoms with Gasteiger partial charge in [-0.25, -0.2) is 14.2 Å². The molecule has 0 aliphatic heterocycles. The molecule has 7 nitrogen and oxygen atoms in total. The number of hydrogen-bond acceptors (Lipinski definition) is 6. The van der Waals surface area contributed by atoms with E-state index in [4.69, 9.17) is 9.72 Å². The van der Waals surface area contributed by atoms with Crippen LogP contribution in [0.25, 0.3) is 16.9 Å². The predicted molar refractivity (Wildman–Crippen MR) is 145 cm³/mol. The molecule has 1 atom stereocenters. The van der Waals surface area contributed by atoms with Crippen LogP contribution in [0, 0.1) is 31.0 Å². The van der Waals surface area contributed by atoms with E-state index in [0.717, 1.165) is 11.1 Å². The molecular weight excluding hydrogens is 483 g/mol. The summed E-state index contributed by atoms with van der Waals surface area (Å²) in [6.45, 7) is 10.9. The number of benzene rings is 2. The highest BCUT2D eigenvalue weighted by atomic mass is 19.1. The first-order valence-corrected chi connectivity index (χ1v) is 12.2. The van der Waals surface area contributed by atoms with Gasteiger partial charge in [0.15, 0.2) is 0 Å². The number of pyridine rings is 1. The van der Waals surface area contributed by atoms with Gasteiger partial charge in [0.2, 0.25) is 0 Å². The summed E-state index contributed by atoms with van der Waals surface area (Å²) in [5.74, 6) is -1.08. The minimum absolute atomic E-state index is 0.123. The van der Waals surface area contributed by atoms with E-state index in [-0.39, 0.29) is 17.2 Å². The molecule has 0 bridgehead atoms. The smallest absolute Gasteiger partial charge is 0.340 e. The maximum absolute atomic E-state index is 14.0. The van der Waals surface area contributed by atoms with Crippen molar-refractivity contribution in [1.82, 2.24) is 9.38 Å². The lowest BCUT2D eigenvalue weighted by Crippen LogP contribution is -2.25. The molecule has 0 fully saturated rings. The fraction of sp³-hybridized carbons (Fsp3) is 0.267. The average Bonchev–Trinajstić information content (AvgIpc) is 2.85. The van der Waals surface area contributed by atoms with Crippen LogP contribution < -0.4 is 10.9 Å². The zero-order valence-electron chi connectivity index (χ0n) is 22.2. The second-order valence-corrected chi connectivity index (χ2v) is 10.3. The number of aromatic nitrogens is 2. The Morgan fingerprint density at radius 1 is 1.16 bits per heavy atom. The van der Waals surface area contributed by atoms with Gasteiger partial charge in [-0.3, -0.25) is 9.20 Å². The molecule has 0 radical (unpaired) electrons. The second kappa shape index (κ2) is 10.1. The summed E-state index contributed by atoms with van der Waals surface area (Å²) >= 11 is 0. The maximum Gasteiger partial charge on any atom is 0.340 e. The minimum atomic E-state index is -0.645. The van der Waals surface area contributed by atoms with E-state index >= 15 is 0 Å². The molecule has 0 saturated heterocycles. The number of hydrogen-bond donors (Lipinski definition) is 1. The largest absolute Gasteiger partial charge is 0.456 e. The number of para-hydroxylation sites is 1. The van der Waals surface area contributed by atoms with Crippen molar-refractivity contribution >= 4 is 17.3 Å². The standard InChI is InChI=1S/C30H29FN4O3/c1-17-13-23(19(3)33-25-10-8-7-9-22(25)29(37)38-30(4,5)6)27-34-26(18(2)28(36)35(27)16-17)20-11-12-24(31)21(14-20)15-32/h7-14,16,19,33H,1-6H3. The normalized spacial score (nSPS) is 12.2. The number of fused-ring (bicyclic) bond motifs is 1. The highest BCUT2D eigenvalue weighted by molar-refractivity contribution is 5.96. The van der Waals surface area contributed by atoms with Crippen molar-refractivity contribution < 1.29 is 13.9 Å². The molecule has 0 saturated carbocycles. The third-order valence-corrected chi connectivity index (χ3v) is 6.06. The molecule has 0 amide bonds. The highest BCUT2D eigenvalue weighted by Crippen LogP contribution is 2.29. The number of rotatable bonds is 5. The van der Waals surface area contributed by atoms with Gasteiger partial charge in [-0.2, -0.15) is 5.26 Å². The molecule has 0 aliphatic rings. The number of carbonyl (C=O) groups excluding carboxylic acids is 1. The van der Waals surface area contributed by atoms with Gasteiger partial charge in [0.05, 0.1) is 22.9 Å². The number of ether oxygens (including phenoxy) is 1. The lowest BCUT2D eigenvalue weighted by atomic mass is 10.0. The van der Waals surface area contributed by atoms with Crippen molar-refractivity contribution in [3.05, 3.63) is 98.7 Å². The zero-order chi connectivity index (χ0) is 27.8. The summed E-state index contributed by atoms with van der Waals surface area (Å²) in [5.41, 5.74) is 3.17. The second-order valence-electron chi connectivity index (χ2n) is 10.3. The van der Waals surface area contributed by atoms with Crippen molar-refractivity contribution in [1.29, 1.82) is 5.26 Å². The van der Waals surface area contributed by atoms with Crippen LogP contribution in [0.3, 0.4) is 0 Å². The van der Waals surface area contributed by atoms with E-state index < -0.39 is 17.4 Å². The fourth-order valence-corrected chi connectivity index (χ4v) is 4.28. The Hall–Kier alpha value is -4.51. The quantitative estimate of drug-likeness (QED) is 0.324. The molecule has 0 aliphatic carbocycles. The molecular formula is C30H29FN4O3. The Balaban J connectivity index is 1.83. The topological polar surface area (TPSA) is 96.5 Å². The van der Waals surface area contributed by atoms with Gasteiger partial charge in [-0.1, -0.05) is 12.1 Å². The van der Waals surface area contributed by atoms with Crippen LogP contribution in [0.5, 0.6) is 0 Å². The Bertz CT molecular complexity index is 1660. The zero-order valence-corrected chi connectivity index (χ0v) is 22.2. The minimum Gasteiger partial charge on any atom is -0.456 e. The van der Waals surface area contributed by atoms with E-state index in [2.05, 4.69) is 5.32 Å². The van der Waals surface area contributed by atoms with Crippen molar-refractivity contribution in [2.45, 2.75) is 53.2 Å². The SMILES string of the molecule is Cc1cc(C(C)Nc2ccccc2C(=O)OC(C)(C)C)c2nc(-c3ccc(F)c(C#N)c3)c(C)c(=O)n2c1. The summed E-state index contributed by atoms with van der Waals surface area (Å²) in [5, 5.41) is 12.7. The fourth-order valence-electron chi connectivity index (χ4n) is 4.28. The maximum atomic E-state index is 14.0. The molecule has 2 aromatic heterocycles. The van der Waals surface area contributed by atoms with Crippen LogP contribution in [0.2, 0.25) is 0 Å². The van der Waals surface area contributed by atoms with Gasteiger partial charge in [0.25, 0.3) is 5.56 Å². The summed E-state index contributed by atoms with van der Waals surface area (Å²) < 4.78 is 21.0. The van der Waals surface area contributed by atoms with Crippen LogP contribution in [0.15, 0.2) is 59.5 Å². The summed E-state index contributed by atoms with van der Waals surface area (Å²) in [7, 11) is 0. The number of nitrogens with zero attached hydrogens (tertiary/aromatic N) is 3. The molecule has 38 heavy (non-hydrogen) atoms. The van der Waals surface area contributed by atoms with Crippen LogP contribution in [0.4, 0.5) is 10.1 Å². The number of nitrogens with one attached hydrogen (secondary N) is 1. The Labute approximate surface area is 220 Å². The molecule has 4 rings (SSSR count). The molecule has 2 aromatic carbocycles. The van der Waals surface area contributed by atoms with Gasteiger partial charge in [-0.15, -0.1) is 0 Å². The predicted octanol–water partition coefficient (Wildman–Crippen LogP) is 6.12. The number of halogens is 1. The number of carbonyl (C=O) groups is 1. The molecule has 4 aromatic rings. The van der Waals surface area contributed by atoms with E-state index in [1.807, 2.05) is 52.8 Å². The Kier molecular flexibility index (Phi) is 7.05. The van der Waals surface area contributed by atoms with E-state index in [0.29, 0.717) is 33.7 Å². The first-order chi connectivity index (χ1) is 17.9. The van der Waals surface area contributed by atoms with Gasteiger partial charge in [0, 0.05) is 28.6 Å². The van der Waals surface area contributed by atoms with Crippen LogP contribution in [0.1, 0.15) is 66.3 Å². The lowest BCUT2D eigenvalue weighted by Gasteiger charge is -2.23. The Morgan fingerprint density at radius 3 is 2.55 bits per heavy atom. The van der Waals surface area contributed by atoms with Gasteiger partial charge < -0.3 is 10.1 Å². The van der Waals surface area contributed by atoms with E-state index in [1.54, 1.807) is 31.3 Å². The molecule has 2 heterocycles. The number of nitriles is 1. The van der Waals surface area contributed by atoms with Crippen molar-refractivity contribution in [2.24, 2.45) is 0 Å². The monoisotopic (exact) mass is 512 g/mol. The highest BCUT2D eigenvalue weighted by Gasteiger charge is 2.22. The van der Waals surface area contributed by atoms with Crippen molar-refractivity contribution in [2.75, 3.05) is 5.32 Å². The van der Waals surface area contributed by atoms with Gasteiger partial charge in [0.1, 0.15) is 23.1 Å². The van der Waals surface area contributed by atoms with E-state index in [1.165, 1.54) is 22.6 Å². The molecule has 0 spiro atoms. The van der Waals surface area contributed by atoms with Crippen LogP contribution >= 0.6 is 0 Å². The molecule has 8 heteroatoms. The number of anilines is 1. The van der Waals surface area contributed by atoms with Gasteiger partial charge in [-0.05, 0) is 83.5 Å². The van der Waals surface area contributed by atoms with Crippen molar-refractivity contribution in [3.8, 4) is 17.3 Å². The van der Waals surface area contributed by atoms with Crippen molar-refractivity contribution in [3.63, 3.8) is 0 Å². The van der Waals surface area contributed by atoms with Crippen LogP contribution in [-0.4, -0.2) is 21.0 Å². The third-order valence-electron chi connectivity index (χ3n) is 6.06. The number of aryl methyl sites for hydroxylation is 1.